The van der Waals surface area contributed by atoms with Crippen molar-refractivity contribution in [3.63, 3.8) is 0 Å². The predicted octanol–water partition coefficient (Wildman–Crippen LogP) is 1.50. The number of aliphatic hydroxyl groups is 1. The van der Waals surface area contributed by atoms with Gasteiger partial charge in [0.2, 0.25) is 0 Å². The van der Waals surface area contributed by atoms with Crippen LogP contribution in [0.4, 0.5) is 10.2 Å². The van der Waals surface area contributed by atoms with Gasteiger partial charge < -0.3 is 20.3 Å². The van der Waals surface area contributed by atoms with Gasteiger partial charge in [-0.2, -0.15) is 0 Å². The van der Waals surface area contributed by atoms with E-state index in [1.165, 1.54) is 12.4 Å². The van der Waals surface area contributed by atoms with Crippen LogP contribution >= 0.6 is 15.9 Å². The zero-order valence-corrected chi connectivity index (χ0v) is 12.5. The fourth-order valence-electron chi connectivity index (χ4n) is 2.17. The SMILES string of the molecule is Nc1ncnc2c(Br)cc(OC(CO)C3COC3)c(F)c12. The number of rotatable bonds is 4. The van der Waals surface area contributed by atoms with Crippen LogP contribution in [0, 0.1) is 11.7 Å². The molecule has 1 aromatic heterocycles. The number of ether oxygens (including phenoxy) is 2. The van der Waals surface area contributed by atoms with Crippen molar-refractivity contribution >= 4 is 32.7 Å². The van der Waals surface area contributed by atoms with Crippen LogP contribution < -0.4 is 10.5 Å². The molecule has 0 bridgehead atoms. The van der Waals surface area contributed by atoms with Gasteiger partial charge in [0.15, 0.2) is 11.6 Å². The number of aromatic nitrogens is 2. The van der Waals surface area contributed by atoms with E-state index in [2.05, 4.69) is 25.9 Å². The monoisotopic (exact) mass is 357 g/mol. The lowest BCUT2D eigenvalue weighted by molar-refractivity contribution is -0.0954. The van der Waals surface area contributed by atoms with E-state index >= 15 is 0 Å². The third-order valence-corrected chi connectivity index (χ3v) is 4.05. The number of halogens is 2. The minimum Gasteiger partial charge on any atom is -0.484 e. The van der Waals surface area contributed by atoms with Crippen LogP contribution in [0.15, 0.2) is 16.9 Å². The first kappa shape index (κ1) is 14.4. The van der Waals surface area contributed by atoms with Gasteiger partial charge >= 0.3 is 0 Å². The number of hydrogen-bond acceptors (Lipinski definition) is 6. The van der Waals surface area contributed by atoms with Crippen LogP contribution in [0.5, 0.6) is 5.75 Å². The Morgan fingerprint density at radius 2 is 2.29 bits per heavy atom. The van der Waals surface area contributed by atoms with E-state index in [4.69, 9.17) is 15.2 Å². The molecule has 3 rings (SSSR count). The summed E-state index contributed by atoms with van der Waals surface area (Å²) >= 11 is 3.32. The highest BCUT2D eigenvalue weighted by atomic mass is 79.9. The van der Waals surface area contributed by atoms with Gasteiger partial charge in [0.1, 0.15) is 18.2 Å². The Morgan fingerprint density at radius 1 is 1.52 bits per heavy atom. The molecule has 1 aliphatic heterocycles. The van der Waals surface area contributed by atoms with E-state index in [9.17, 15) is 9.50 Å². The maximum absolute atomic E-state index is 14.6. The molecule has 2 heterocycles. The van der Waals surface area contributed by atoms with E-state index in [-0.39, 0.29) is 29.5 Å². The molecular formula is C13H13BrFN3O3. The molecule has 1 aromatic carbocycles. The lowest BCUT2D eigenvalue weighted by Crippen LogP contribution is -2.43. The van der Waals surface area contributed by atoms with Crippen LogP contribution in [-0.4, -0.2) is 41.0 Å². The van der Waals surface area contributed by atoms with Gasteiger partial charge in [0.05, 0.1) is 30.7 Å². The quantitative estimate of drug-likeness (QED) is 0.861. The number of nitrogens with two attached hydrogens (primary N) is 1. The molecule has 0 aliphatic carbocycles. The molecule has 6 nitrogen and oxygen atoms in total. The van der Waals surface area contributed by atoms with E-state index in [1.54, 1.807) is 0 Å². The maximum atomic E-state index is 14.6. The number of nitrogens with zero attached hydrogens (tertiary/aromatic N) is 2. The van der Waals surface area contributed by atoms with Gasteiger partial charge in [0.25, 0.3) is 0 Å². The summed E-state index contributed by atoms with van der Waals surface area (Å²) in [6.07, 6.45) is 0.744. The molecule has 112 valence electrons. The third-order valence-electron chi connectivity index (χ3n) is 3.44. The van der Waals surface area contributed by atoms with Crippen molar-refractivity contribution in [1.29, 1.82) is 0 Å². The molecule has 1 saturated heterocycles. The van der Waals surface area contributed by atoms with Gasteiger partial charge in [-0.3, -0.25) is 0 Å². The smallest absolute Gasteiger partial charge is 0.178 e. The summed E-state index contributed by atoms with van der Waals surface area (Å²) in [5.41, 5.74) is 6.09. The summed E-state index contributed by atoms with van der Waals surface area (Å²) in [6.45, 7) is 0.767. The fraction of sp³-hybridized carbons (Fsp3) is 0.385. The highest BCUT2D eigenvalue weighted by Gasteiger charge is 2.31. The van der Waals surface area contributed by atoms with Crippen molar-refractivity contribution < 1.29 is 19.0 Å². The molecule has 0 spiro atoms. The lowest BCUT2D eigenvalue weighted by atomic mass is 10.0. The molecule has 8 heteroatoms. The third kappa shape index (κ3) is 2.54. The highest BCUT2D eigenvalue weighted by Crippen LogP contribution is 2.35. The molecule has 1 fully saturated rings. The first-order valence-corrected chi connectivity index (χ1v) is 7.14. The van der Waals surface area contributed by atoms with Gasteiger partial charge in [-0.1, -0.05) is 0 Å². The van der Waals surface area contributed by atoms with Gasteiger partial charge in [0, 0.05) is 10.4 Å². The zero-order chi connectivity index (χ0) is 15.0. The molecule has 0 saturated carbocycles. The molecule has 2 aromatic rings. The molecule has 1 aliphatic rings. The minimum atomic E-state index is -0.634. The second kappa shape index (κ2) is 5.70. The van der Waals surface area contributed by atoms with Crippen LogP contribution in [0.2, 0.25) is 0 Å². The van der Waals surface area contributed by atoms with Crippen LogP contribution in [0.25, 0.3) is 10.9 Å². The van der Waals surface area contributed by atoms with Gasteiger partial charge in [-0.25, -0.2) is 14.4 Å². The lowest BCUT2D eigenvalue weighted by Gasteiger charge is -2.32. The zero-order valence-electron chi connectivity index (χ0n) is 10.9. The second-order valence-corrected chi connectivity index (χ2v) is 5.64. The summed E-state index contributed by atoms with van der Waals surface area (Å²) in [6, 6.07) is 1.48. The standard InChI is InChI=1S/C13H13BrFN3O3/c14-7-1-8(21-9(2-19)6-3-20-4-6)11(15)10-12(7)17-5-18-13(10)16/h1,5-6,9,19H,2-4H2,(H2,16,17,18). The largest absolute Gasteiger partial charge is 0.484 e. The summed E-state index contributed by atoms with van der Waals surface area (Å²) in [4.78, 5) is 7.80. The first-order chi connectivity index (χ1) is 10.1. The Balaban J connectivity index is 2.02. The number of hydrogen-bond donors (Lipinski definition) is 2. The van der Waals surface area contributed by atoms with E-state index < -0.39 is 11.9 Å². The summed E-state index contributed by atoms with van der Waals surface area (Å²) in [5, 5.41) is 9.49. The summed E-state index contributed by atoms with van der Waals surface area (Å²) in [5.74, 6) is -0.545. The fourth-order valence-corrected chi connectivity index (χ4v) is 2.68. The van der Waals surface area contributed by atoms with Crippen LogP contribution in [0.3, 0.4) is 0 Å². The molecular weight excluding hydrogens is 345 g/mol. The molecule has 1 atom stereocenters. The minimum absolute atomic E-state index is 0.00169. The summed E-state index contributed by atoms with van der Waals surface area (Å²) in [7, 11) is 0. The topological polar surface area (TPSA) is 90.5 Å². The van der Waals surface area contributed by atoms with E-state index in [1.807, 2.05) is 0 Å². The highest BCUT2D eigenvalue weighted by molar-refractivity contribution is 9.10. The van der Waals surface area contributed by atoms with E-state index in [0.717, 1.165) is 0 Å². The van der Waals surface area contributed by atoms with Crippen molar-refractivity contribution in [3.05, 3.63) is 22.7 Å². The number of anilines is 1. The Kier molecular flexibility index (Phi) is 3.92. The van der Waals surface area contributed by atoms with Crippen LogP contribution in [0.1, 0.15) is 0 Å². The average molecular weight is 358 g/mol. The molecule has 0 radical (unpaired) electrons. The maximum Gasteiger partial charge on any atom is 0.178 e. The number of fused-ring (bicyclic) bond motifs is 1. The van der Waals surface area contributed by atoms with Crippen molar-refractivity contribution in [2.24, 2.45) is 5.92 Å². The Hall–Kier alpha value is -1.51. The second-order valence-electron chi connectivity index (χ2n) is 4.79. The van der Waals surface area contributed by atoms with Gasteiger partial charge in [-0.05, 0) is 22.0 Å². The molecule has 1 unspecified atom stereocenters. The average Bonchev–Trinajstić information content (AvgIpc) is 2.41. The molecule has 3 N–H and O–H groups in total. The number of aliphatic hydroxyl groups excluding tert-OH is 1. The van der Waals surface area contributed by atoms with Crippen molar-refractivity contribution in [2.45, 2.75) is 6.10 Å². The number of benzene rings is 1. The Morgan fingerprint density at radius 3 is 2.90 bits per heavy atom. The number of nitrogen functional groups attached to an aromatic ring is 1. The van der Waals surface area contributed by atoms with Gasteiger partial charge in [-0.15, -0.1) is 0 Å². The summed E-state index contributed by atoms with van der Waals surface area (Å²) < 4.78 is 25.8. The van der Waals surface area contributed by atoms with Crippen molar-refractivity contribution in [3.8, 4) is 5.75 Å². The van der Waals surface area contributed by atoms with Crippen molar-refractivity contribution in [2.75, 3.05) is 25.6 Å². The van der Waals surface area contributed by atoms with Crippen molar-refractivity contribution in [1.82, 2.24) is 9.97 Å². The predicted molar refractivity (Wildman–Crippen MR) is 77.4 cm³/mol. The van der Waals surface area contributed by atoms with Crippen LogP contribution in [-0.2, 0) is 4.74 Å². The first-order valence-electron chi connectivity index (χ1n) is 6.35. The Bertz CT molecular complexity index is 681. The Labute approximate surface area is 128 Å². The molecule has 0 amide bonds. The normalized spacial score (nSPS) is 16.7. The van der Waals surface area contributed by atoms with E-state index in [0.29, 0.717) is 23.2 Å². The molecule has 21 heavy (non-hydrogen) atoms.